The quantitative estimate of drug-likeness (QED) is 0.0907. The van der Waals surface area contributed by atoms with Gasteiger partial charge in [-0.2, -0.15) is 5.10 Å². The van der Waals surface area contributed by atoms with Crippen molar-refractivity contribution >= 4 is 44.3 Å². The molecule has 0 spiro atoms. The highest BCUT2D eigenvalue weighted by Crippen LogP contribution is 2.45. The Kier molecular flexibility index (Phi) is 9.32. The second kappa shape index (κ2) is 15.3. The zero-order chi connectivity index (χ0) is 36.8. The minimum atomic E-state index is 0.881. The van der Waals surface area contributed by atoms with Crippen molar-refractivity contribution in [1.29, 1.82) is 0 Å². The van der Waals surface area contributed by atoms with Gasteiger partial charge in [0.15, 0.2) is 0 Å². The molecule has 0 fully saturated rings. The van der Waals surface area contributed by atoms with Gasteiger partial charge in [-0.25, -0.2) is 4.99 Å². The van der Waals surface area contributed by atoms with Crippen molar-refractivity contribution in [3.8, 4) is 22.3 Å². The van der Waals surface area contributed by atoms with Crippen LogP contribution in [0.2, 0.25) is 0 Å². The van der Waals surface area contributed by atoms with E-state index in [1.807, 2.05) is 48.5 Å². The van der Waals surface area contributed by atoms with Crippen molar-refractivity contribution in [3.05, 3.63) is 241 Å². The van der Waals surface area contributed by atoms with E-state index in [0.717, 1.165) is 77.7 Å². The highest BCUT2D eigenvalue weighted by Gasteiger charge is 2.18. The van der Waals surface area contributed by atoms with Crippen LogP contribution < -0.4 is 5.43 Å². The fourth-order valence-electron chi connectivity index (χ4n) is 7.41. The van der Waals surface area contributed by atoms with Gasteiger partial charge >= 0.3 is 0 Å². The van der Waals surface area contributed by atoms with Crippen LogP contribution in [0.4, 0.5) is 11.4 Å². The molecule has 55 heavy (non-hydrogen) atoms. The van der Waals surface area contributed by atoms with Gasteiger partial charge in [-0.15, -0.1) is 0 Å². The summed E-state index contributed by atoms with van der Waals surface area (Å²) in [6.07, 6.45) is 0. The van der Waals surface area contributed by atoms with Crippen LogP contribution in [-0.4, -0.2) is 11.4 Å². The van der Waals surface area contributed by atoms with Crippen LogP contribution in [0.3, 0.4) is 0 Å². The summed E-state index contributed by atoms with van der Waals surface area (Å²) in [7, 11) is 0. The Morgan fingerprint density at radius 3 is 1.16 bits per heavy atom. The monoisotopic (exact) mass is 703 g/mol. The summed E-state index contributed by atoms with van der Waals surface area (Å²) < 4.78 is 0. The first-order valence-corrected chi connectivity index (χ1v) is 18.6. The fraction of sp³-hybridized carbons (Fsp3) is 0. The maximum atomic E-state index is 5.36. The molecule has 1 N–H and O–H groups in total. The second-order valence-corrected chi connectivity index (χ2v) is 13.5. The summed E-state index contributed by atoms with van der Waals surface area (Å²) in [4.78, 5) is 5.36. The Hall–Kier alpha value is -7.36. The van der Waals surface area contributed by atoms with E-state index in [0.29, 0.717) is 0 Å². The minimum absolute atomic E-state index is 0.881. The Morgan fingerprint density at radius 1 is 0.327 bits per heavy atom. The van der Waals surface area contributed by atoms with Crippen LogP contribution in [0.5, 0.6) is 0 Å². The predicted octanol–water partition coefficient (Wildman–Crippen LogP) is 13.4. The Labute approximate surface area is 321 Å². The predicted molar refractivity (Wildman–Crippen MR) is 233 cm³/mol. The van der Waals surface area contributed by atoms with Gasteiger partial charge in [0, 0.05) is 22.3 Å². The van der Waals surface area contributed by atoms with Crippen molar-refractivity contribution in [2.24, 2.45) is 10.1 Å². The molecule has 9 aromatic carbocycles. The molecule has 260 valence electrons. The highest BCUT2D eigenvalue weighted by molar-refractivity contribution is 6.23. The normalized spacial score (nSPS) is 10.9. The molecule has 0 radical (unpaired) electrons. The summed E-state index contributed by atoms with van der Waals surface area (Å²) in [5, 5.41) is 9.64. The molecule has 3 heteroatoms. The maximum absolute atomic E-state index is 5.36. The van der Waals surface area contributed by atoms with Crippen molar-refractivity contribution in [3.63, 3.8) is 0 Å². The summed E-state index contributed by atoms with van der Waals surface area (Å²) in [6, 6.07) is 76.2. The number of anilines is 1. The molecular formula is C52H37N3. The molecule has 0 heterocycles. The minimum Gasteiger partial charge on any atom is -0.278 e. The van der Waals surface area contributed by atoms with Gasteiger partial charge < -0.3 is 0 Å². The number of hydrogen-bond donors (Lipinski definition) is 1. The number of aliphatic imine (C=N–C) groups is 1. The highest BCUT2D eigenvalue weighted by atomic mass is 15.3. The Morgan fingerprint density at radius 2 is 0.709 bits per heavy atom. The van der Waals surface area contributed by atoms with E-state index in [-0.39, 0.29) is 0 Å². The van der Waals surface area contributed by atoms with Gasteiger partial charge in [-0.3, -0.25) is 5.43 Å². The van der Waals surface area contributed by atoms with Crippen molar-refractivity contribution in [2.45, 2.75) is 0 Å². The van der Waals surface area contributed by atoms with E-state index in [1.165, 1.54) is 11.1 Å². The summed E-state index contributed by atoms with van der Waals surface area (Å²) in [5.74, 6) is 0. The third-order valence-corrected chi connectivity index (χ3v) is 9.95. The van der Waals surface area contributed by atoms with E-state index in [2.05, 4.69) is 175 Å². The van der Waals surface area contributed by atoms with Crippen LogP contribution in [0.15, 0.2) is 228 Å². The van der Waals surface area contributed by atoms with E-state index in [9.17, 15) is 0 Å². The van der Waals surface area contributed by atoms with Gasteiger partial charge in [0.25, 0.3) is 0 Å². The maximum Gasteiger partial charge on any atom is 0.0977 e. The summed E-state index contributed by atoms with van der Waals surface area (Å²) >= 11 is 0. The molecule has 0 saturated heterocycles. The van der Waals surface area contributed by atoms with Crippen molar-refractivity contribution < 1.29 is 0 Å². The molecule has 0 unspecified atom stereocenters. The van der Waals surface area contributed by atoms with E-state index >= 15 is 0 Å². The third kappa shape index (κ3) is 6.95. The van der Waals surface area contributed by atoms with Crippen LogP contribution in [0, 0.1) is 0 Å². The first-order chi connectivity index (χ1) is 27.3. The largest absolute Gasteiger partial charge is 0.278 e. The topological polar surface area (TPSA) is 36.8 Å². The van der Waals surface area contributed by atoms with Gasteiger partial charge in [0.2, 0.25) is 0 Å². The third-order valence-electron chi connectivity index (χ3n) is 9.95. The molecule has 0 aliphatic heterocycles. The Balaban J connectivity index is 1.27. The summed E-state index contributed by atoms with van der Waals surface area (Å²) in [5.41, 5.74) is 16.0. The number of nitrogens with zero attached hydrogens (tertiary/aromatic N) is 2. The molecule has 0 aromatic heterocycles. The molecule has 9 rings (SSSR count). The zero-order valence-electron chi connectivity index (χ0n) is 30.2. The number of benzene rings is 9. The molecule has 0 aliphatic carbocycles. The fourth-order valence-corrected chi connectivity index (χ4v) is 7.41. The molecule has 9 aromatic rings. The first-order valence-electron chi connectivity index (χ1n) is 18.6. The van der Waals surface area contributed by atoms with E-state index in [1.54, 1.807) is 0 Å². The average Bonchev–Trinajstić information content (AvgIpc) is 3.26. The second-order valence-electron chi connectivity index (χ2n) is 13.5. The van der Waals surface area contributed by atoms with E-state index < -0.39 is 0 Å². The van der Waals surface area contributed by atoms with Gasteiger partial charge in [-0.05, 0) is 68.1 Å². The number of rotatable bonds is 9. The molecular weight excluding hydrogens is 667 g/mol. The number of hydrazone groups is 1. The average molecular weight is 704 g/mol. The van der Waals surface area contributed by atoms with Crippen LogP contribution in [0.1, 0.15) is 22.3 Å². The number of hydrogen-bond acceptors (Lipinski definition) is 3. The van der Waals surface area contributed by atoms with Gasteiger partial charge in [0.05, 0.1) is 22.8 Å². The van der Waals surface area contributed by atoms with Crippen LogP contribution in [-0.2, 0) is 0 Å². The molecule has 0 atom stereocenters. The number of fused-ring (bicyclic) bond motifs is 2. The lowest BCUT2D eigenvalue weighted by Crippen LogP contribution is -2.06. The van der Waals surface area contributed by atoms with E-state index in [4.69, 9.17) is 10.1 Å². The van der Waals surface area contributed by atoms with Crippen LogP contribution in [0.25, 0.3) is 43.8 Å². The Bertz CT molecular complexity index is 2700. The van der Waals surface area contributed by atoms with Crippen molar-refractivity contribution in [2.75, 3.05) is 5.43 Å². The lowest BCUT2D eigenvalue weighted by Gasteiger charge is -2.19. The lowest BCUT2D eigenvalue weighted by molar-refractivity contribution is 1.33. The molecule has 0 bridgehead atoms. The number of nitrogens with one attached hydrogen (secondary N) is 1. The molecule has 3 nitrogen and oxygen atoms in total. The molecule has 0 amide bonds. The van der Waals surface area contributed by atoms with Crippen LogP contribution >= 0.6 is 0 Å². The summed E-state index contributed by atoms with van der Waals surface area (Å²) in [6.45, 7) is 0. The SMILES string of the molecule is c1ccc(C(=NNc2ccc3c(-c4ccccc4)c4cc(N=C(c5ccccc5)c5ccccc5)ccc4c(-c4ccccc4)c3c2)c2ccccc2)cc1. The van der Waals surface area contributed by atoms with Gasteiger partial charge in [-0.1, -0.05) is 194 Å². The lowest BCUT2D eigenvalue weighted by atomic mass is 9.85. The molecule has 0 aliphatic rings. The first kappa shape index (κ1) is 33.5. The van der Waals surface area contributed by atoms with Crippen molar-refractivity contribution in [1.82, 2.24) is 0 Å². The zero-order valence-corrected chi connectivity index (χ0v) is 30.2. The smallest absolute Gasteiger partial charge is 0.0977 e. The molecule has 0 saturated carbocycles. The standard InChI is InChI=1S/C52H37N3/c1-7-19-37(20-8-1)49-46-34-32-44(54-55-52(41-27-15-5-16-28-41)42-29-17-6-18-30-42)36-48(46)50(38-21-9-2-10-22-38)45-33-31-43(35-47(45)49)53-51(39-23-11-3-12-24-39)40-25-13-4-14-26-40/h1-36,54H. The van der Waals surface area contributed by atoms with Gasteiger partial charge in [0.1, 0.15) is 0 Å².